The van der Waals surface area contributed by atoms with Gasteiger partial charge in [0.15, 0.2) is 6.10 Å². The molecule has 0 aliphatic rings. The molecule has 1 N–H and O–H groups in total. The second-order valence-corrected chi connectivity index (χ2v) is 6.55. The van der Waals surface area contributed by atoms with E-state index in [2.05, 4.69) is 5.32 Å². The molecule has 0 radical (unpaired) electrons. The molecule has 0 unspecified atom stereocenters. The second-order valence-electron chi connectivity index (χ2n) is 4.81. The third-order valence-corrected chi connectivity index (χ3v) is 4.53. The first kappa shape index (κ1) is 16.6. The quantitative estimate of drug-likeness (QED) is 0.863. The van der Waals surface area contributed by atoms with Crippen molar-refractivity contribution in [1.29, 1.82) is 0 Å². The van der Waals surface area contributed by atoms with Crippen molar-refractivity contribution in [1.82, 2.24) is 5.32 Å². The number of hydrogen-bond donors (Lipinski definition) is 1. The van der Waals surface area contributed by atoms with E-state index in [4.69, 9.17) is 21.1 Å². The van der Waals surface area contributed by atoms with Crippen molar-refractivity contribution < 1.29 is 14.3 Å². The molecule has 1 aromatic heterocycles. The third-order valence-electron chi connectivity index (χ3n) is 3.12. The Balaban J connectivity index is 1.91. The van der Waals surface area contributed by atoms with Gasteiger partial charge < -0.3 is 14.8 Å². The Bertz CT molecular complexity index is 627. The summed E-state index contributed by atoms with van der Waals surface area (Å²) in [6, 6.07) is 10.7. The number of rotatable bonds is 6. The van der Waals surface area contributed by atoms with Gasteiger partial charge in [-0.2, -0.15) is 0 Å². The van der Waals surface area contributed by atoms with E-state index in [9.17, 15) is 4.79 Å². The maximum atomic E-state index is 12.2. The average Bonchev–Trinajstić information content (AvgIpc) is 2.94. The van der Waals surface area contributed by atoms with Crippen molar-refractivity contribution in [2.45, 2.75) is 26.0 Å². The van der Waals surface area contributed by atoms with Crippen molar-refractivity contribution in [2.75, 3.05) is 7.11 Å². The van der Waals surface area contributed by atoms with E-state index in [0.29, 0.717) is 10.1 Å². The zero-order valence-corrected chi connectivity index (χ0v) is 14.2. The Kier molecular flexibility index (Phi) is 5.69. The lowest BCUT2D eigenvalue weighted by Gasteiger charge is -2.18. The lowest BCUT2D eigenvalue weighted by Crippen LogP contribution is -2.37. The Morgan fingerprint density at radius 1 is 1.14 bits per heavy atom. The first-order valence-corrected chi connectivity index (χ1v) is 8.05. The minimum Gasteiger partial charge on any atom is -0.497 e. The highest BCUT2D eigenvalue weighted by Crippen LogP contribution is 2.26. The van der Waals surface area contributed by atoms with Gasteiger partial charge in [0.1, 0.15) is 11.5 Å². The van der Waals surface area contributed by atoms with Gasteiger partial charge in [0.25, 0.3) is 5.91 Å². The molecular weight excluding hydrogens is 322 g/mol. The van der Waals surface area contributed by atoms with Crippen molar-refractivity contribution in [3.05, 3.63) is 45.6 Å². The number of carbonyl (C=O) groups is 1. The molecule has 2 atom stereocenters. The minimum atomic E-state index is -0.591. The maximum absolute atomic E-state index is 12.2. The van der Waals surface area contributed by atoms with Gasteiger partial charge in [-0.15, -0.1) is 11.3 Å². The largest absolute Gasteiger partial charge is 0.497 e. The zero-order chi connectivity index (χ0) is 16.1. The van der Waals surface area contributed by atoms with Crippen molar-refractivity contribution in [3.8, 4) is 11.5 Å². The number of amides is 1. The summed E-state index contributed by atoms with van der Waals surface area (Å²) in [6.45, 7) is 3.63. The van der Waals surface area contributed by atoms with Crippen LogP contribution < -0.4 is 14.8 Å². The number of ether oxygens (including phenoxy) is 2. The topological polar surface area (TPSA) is 47.6 Å². The Morgan fingerprint density at radius 3 is 2.32 bits per heavy atom. The van der Waals surface area contributed by atoms with Crippen LogP contribution in [0.5, 0.6) is 11.5 Å². The summed E-state index contributed by atoms with van der Waals surface area (Å²) in [4.78, 5) is 13.2. The first-order chi connectivity index (χ1) is 10.5. The SMILES string of the molecule is COc1ccc(O[C@@H](C)C(=O)N[C@H](C)c2ccc(Cl)s2)cc1. The normalized spacial score (nSPS) is 13.3. The highest BCUT2D eigenvalue weighted by molar-refractivity contribution is 7.16. The molecule has 0 aliphatic carbocycles. The van der Waals surface area contributed by atoms with E-state index < -0.39 is 6.10 Å². The zero-order valence-electron chi connectivity index (χ0n) is 12.6. The van der Waals surface area contributed by atoms with E-state index in [1.54, 1.807) is 38.3 Å². The van der Waals surface area contributed by atoms with Crippen LogP contribution in [0.1, 0.15) is 24.8 Å². The van der Waals surface area contributed by atoms with Gasteiger partial charge in [-0.05, 0) is 50.2 Å². The predicted octanol–water partition coefficient (Wildman–Crippen LogP) is 4.05. The van der Waals surface area contributed by atoms with Gasteiger partial charge in [0.05, 0.1) is 17.5 Å². The molecule has 118 valence electrons. The fourth-order valence-corrected chi connectivity index (χ4v) is 2.94. The molecule has 4 nitrogen and oxygen atoms in total. The number of hydrogen-bond acceptors (Lipinski definition) is 4. The van der Waals surface area contributed by atoms with Crippen LogP contribution in [-0.2, 0) is 4.79 Å². The van der Waals surface area contributed by atoms with Crippen molar-refractivity contribution >= 4 is 28.8 Å². The number of methoxy groups -OCH3 is 1. The van der Waals surface area contributed by atoms with Crippen LogP contribution in [0.25, 0.3) is 0 Å². The van der Waals surface area contributed by atoms with E-state index >= 15 is 0 Å². The van der Waals surface area contributed by atoms with Gasteiger partial charge in [0.2, 0.25) is 0 Å². The number of thiophene rings is 1. The lowest BCUT2D eigenvalue weighted by atomic mass is 10.2. The summed E-state index contributed by atoms with van der Waals surface area (Å²) in [5, 5.41) is 2.92. The highest BCUT2D eigenvalue weighted by atomic mass is 35.5. The van der Waals surface area contributed by atoms with E-state index in [1.165, 1.54) is 11.3 Å². The molecule has 2 rings (SSSR count). The van der Waals surface area contributed by atoms with Gasteiger partial charge >= 0.3 is 0 Å². The molecule has 0 saturated carbocycles. The van der Waals surface area contributed by atoms with E-state index in [-0.39, 0.29) is 11.9 Å². The van der Waals surface area contributed by atoms with Gasteiger partial charge in [-0.1, -0.05) is 11.6 Å². The van der Waals surface area contributed by atoms with Crippen molar-refractivity contribution in [3.63, 3.8) is 0 Å². The number of benzene rings is 1. The maximum Gasteiger partial charge on any atom is 0.261 e. The van der Waals surface area contributed by atoms with Crippen LogP contribution in [-0.4, -0.2) is 19.1 Å². The van der Waals surface area contributed by atoms with Crippen LogP contribution in [0.4, 0.5) is 0 Å². The first-order valence-electron chi connectivity index (χ1n) is 6.86. The van der Waals surface area contributed by atoms with Crippen LogP contribution in [0.3, 0.4) is 0 Å². The Morgan fingerprint density at radius 2 is 1.77 bits per heavy atom. The molecule has 2 aromatic rings. The number of carbonyl (C=O) groups excluding carboxylic acids is 1. The van der Waals surface area contributed by atoms with Gasteiger partial charge in [-0.25, -0.2) is 0 Å². The Hall–Kier alpha value is -1.72. The highest BCUT2D eigenvalue weighted by Gasteiger charge is 2.18. The van der Waals surface area contributed by atoms with Crippen LogP contribution in [0.2, 0.25) is 4.34 Å². The fourth-order valence-electron chi connectivity index (χ4n) is 1.87. The monoisotopic (exact) mass is 339 g/mol. The molecule has 6 heteroatoms. The molecule has 0 bridgehead atoms. The molecule has 0 spiro atoms. The summed E-state index contributed by atoms with van der Waals surface area (Å²) in [7, 11) is 1.60. The molecule has 0 aliphatic heterocycles. The summed E-state index contributed by atoms with van der Waals surface area (Å²) < 4.78 is 11.4. The van der Waals surface area contributed by atoms with Crippen LogP contribution >= 0.6 is 22.9 Å². The summed E-state index contributed by atoms with van der Waals surface area (Å²) in [5.74, 6) is 1.19. The molecule has 1 heterocycles. The fraction of sp³-hybridized carbons (Fsp3) is 0.312. The summed E-state index contributed by atoms with van der Waals surface area (Å²) in [6.07, 6.45) is -0.591. The minimum absolute atomic E-state index is 0.105. The Labute approximate surface area is 139 Å². The van der Waals surface area contributed by atoms with Crippen LogP contribution in [0.15, 0.2) is 36.4 Å². The smallest absolute Gasteiger partial charge is 0.261 e. The van der Waals surface area contributed by atoms with Gasteiger partial charge in [-0.3, -0.25) is 4.79 Å². The molecule has 0 saturated heterocycles. The average molecular weight is 340 g/mol. The van der Waals surface area contributed by atoms with Gasteiger partial charge in [0, 0.05) is 4.88 Å². The number of halogens is 1. The molecule has 1 aromatic carbocycles. The standard InChI is InChI=1S/C16H18ClNO3S/c1-10(14-8-9-15(17)22-14)18-16(19)11(2)21-13-6-4-12(20-3)5-7-13/h4-11H,1-3H3,(H,18,19)/t10-,11+/m1/s1. The van der Waals surface area contributed by atoms with Crippen molar-refractivity contribution in [2.24, 2.45) is 0 Å². The van der Waals surface area contributed by atoms with E-state index in [1.807, 2.05) is 19.1 Å². The third kappa shape index (κ3) is 4.39. The lowest BCUT2D eigenvalue weighted by molar-refractivity contribution is -0.127. The number of nitrogens with one attached hydrogen (secondary N) is 1. The molecular formula is C16H18ClNO3S. The molecule has 1 amide bonds. The van der Waals surface area contributed by atoms with E-state index in [0.717, 1.165) is 10.6 Å². The predicted molar refractivity (Wildman–Crippen MR) is 89.0 cm³/mol. The second kappa shape index (κ2) is 7.51. The van der Waals surface area contributed by atoms with Crippen LogP contribution in [0, 0.1) is 0 Å². The summed E-state index contributed by atoms with van der Waals surface area (Å²) in [5.41, 5.74) is 0. The molecule has 0 fully saturated rings. The molecule has 22 heavy (non-hydrogen) atoms. The summed E-state index contributed by atoms with van der Waals surface area (Å²) >= 11 is 7.36.